The van der Waals surface area contributed by atoms with E-state index in [1.807, 2.05) is 11.0 Å². The van der Waals surface area contributed by atoms with Crippen LogP contribution in [-0.4, -0.2) is 36.3 Å². The number of rotatable bonds is 9. The summed E-state index contributed by atoms with van der Waals surface area (Å²) in [5.74, 6) is -0.0608. The molecule has 1 aliphatic rings. The van der Waals surface area contributed by atoms with Gasteiger partial charge in [-0.25, -0.2) is 0 Å². The second kappa shape index (κ2) is 11.8. The predicted octanol–water partition coefficient (Wildman–Crippen LogP) is 6.22. The third-order valence-electron chi connectivity index (χ3n) is 7.94. The molecule has 2 unspecified atom stereocenters. The van der Waals surface area contributed by atoms with Gasteiger partial charge in [-0.15, -0.1) is 4.91 Å². The highest BCUT2D eigenvalue weighted by atomic mass is 16.3. The van der Waals surface area contributed by atoms with Gasteiger partial charge in [0.05, 0.1) is 0 Å². The van der Waals surface area contributed by atoms with E-state index in [9.17, 15) is 14.5 Å². The average molecular weight is 500 g/mol. The van der Waals surface area contributed by atoms with Crippen molar-refractivity contribution in [3.05, 3.63) is 88.8 Å². The summed E-state index contributed by atoms with van der Waals surface area (Å²) >= 11 is 0. The highest BCUT2D eigenvalue weighted by Crippen LogP contribution is 2.34. The monoisotopic (exact) mass is 499 g/mol. The Balaban J connectivity index is 1.44. The molecule has 1 fully saturated rings. The Morgan fingerprint density at radius 1 is 1.03 bits per heavy atom. The van der Waals surface area contributed by atoms with Crippen molar-refractivity contribution in [2.75, 3.05) is 19.6 Å². The Labute approximate surface area is 219 Å². The number of fused-ring (bicyclic) bond motifs is 1. The third kappa shape index (κ3) is 6.31. The molecule has 3 aromatic rings. The summed E-state index contributed by atoms with van der Waals surface area (Å²) in [6, 6.07) is 25.6. The summed E-state index contributed by atoms with van der Waals surface area (Å²) in [4.78, 5) is 37.5. The predicted molar refractivity (Wildman–Crippen MR) is 148 cm³/mol. The van der Waals surface area contributed by atoms with Gasteiger partial charge in [-0.2, -0.15) is 0 Å². The largest absolute Gasteiger partial charge is 0.342 e. The summed E-state index contributed by atoms with van der Waals surface area (Å²) in [6.07, 6.45) is 1.45. The van der Waals surface area contributed by atoms with Crippen molar-refractivity contribution >= 4 is 22.6 Å². The molecular weight excluding hydrogens is 462 g/mol. The number of nitrogens with zero attached hydrogens (tertiary/aromatic N) is 2. The number of likely N-dealkylation sites (tertiary alicyclic amines) is 1. The van der Waals surface area contributed by atoms with Gasteiger partial charge in [-0.05, 0) is 54.1 Å². The zero-order valence-electron chi connectivity index (χ0n) is 22.0. The summed E-state index contributed by atoms with van der Waals surface area (Å²) in [7, 11) is 0. The number of nitroso groups, excluding NO2 is 1. The van der Waals surface area contributed by atoms with Gasteiger partial charge in [0.2, 0.25) is 5.91 Å². The van der Waals surface area contributed by atoms with Crippen LogP contribution in [0.2, 0.25) is 0 Å². The lowest BCUT2D eigenvalue weighted by atomic mass is 9.80. The number of hydrogen-bond donors (Lipinski definition) is 1. The third-order valence-corrected chi connectivity index (χ3v) is 7.94. The molecule has 4 rings (SSSR count). The standard InChI is InChI=1S/C31H37N3O3/c1-22(26-15-9-13-23-12-7-8-14-27(23)26)32-20-25-17-19-34(21-28(25)24-10-5-4-6-11-24)29(35)16-18-31(2,3)30(36)33-37/h4-15,22,25,28,32H,16-21H2,1-3H3/t22-,25?,28?/m1/s1. The molecule has 0 aromatic heterocycles. The lowest BCUT2D eigenvalue weighted by Crippen LogP contribution is -2.45. The first-order chi connectivity index (χ1) is 17.8. The molecule has 0 spiro atoms. The SMILES string of the molecule is C[C@@H](NCC1CCN(C(=O)CCC(C)(C)C(=O)N=O)CC1c1ccccc1)c1cccc2ccccc12. The quantitative estimate of drug-likeness (QED) is 0.354. The fraction of sp³-hybridized carbons (Fsp3) is 0.419. The minimum atomic E-state index is -0.920. The lowest BCUT2D eigenvalue weighted by molar-refractivity contribution is -0.134. The van der Waals surface area contributed by atoms with Crippen molar-refractivity contribution in [1.82, 2.24) is 10.2 Å². The van der Waals surface area contributed by atoms with Gasteiger partial charge >= 0.3 is 0 Å². The van der Waals surface area contributed by atoms with Crippen LogP contribution >= 0.6 is 0 Å². The number of carbonyl (C=O) groups is 2. The van der Waals surface area contributed by atoms with E-state index in [0.29, 0.717) is 25.4 Å². The van der Waals surface area contributed by atoms with Crippen LogP contribution in [-0.2, 0) is 9.59 Å². The van der Waals surface area contributed by atoms with Gasteiger partial charge < -0.3 is 10.2 Å². The van der Waals surface area contributed by atoms with Crippen molar-refractivity contribution in [1.29, 1.82) is 0 Å². The molecule has 6 heteroatoms. The Kier molecular flexibility index (Phi) is 8.49. The van der Waals surface area contributed by atoms with E-state index < -0.39 is 11.3 Å². The first-order valence-electron chi connectivity index (χ1n) is 13.2. The first-order valence-corrected chi connectivity index (χ1v) is 13.2. The van der Waals surface area contributed by atoms with E-state index in [2.05, 4.69) is 84.1 Å². The van der Waals surface area contributed by atoms with Crippen molar-refractivity contribution in [3.8, 4) is 0 Å². The number of nitrogens with one attached hydrogen (secondary N) is 1. The molecule has 1 aliphatic heterocycles. The van der Waals surface area contributed by atoms with Crippen LogP contribution in [0.3, 0.4) is 0 Å². The first kappa shape index (κ1) is 26.7. The molecule has 194 valence electrons. The number of amides is 2. The molecule has 6 nitrogen and oxygen atoms in total. The molecule has 3 aromatic carbocycles. The normalized spacial score (nSPS) is 18.9. The highest BCUT2D eigenvalue weighted by molar-refractivity contribution is 5.86. The Morgan fingerprint density at radius 2 is 1.73 bits per heavy atom. The fourth-order valence-corrected chi connectivity index (χ4v) is 5.42. The molecule has 2 amide bonds. The maximum Gasteiger partial charge on any atom is 0.291 e. The lowest BCUT2D eigenvalue weighted by Gasteiger charge is -2.40. The Morgan fingerprint density at radius 3 is 2.49 bits per heavy atom. The smallest absolute Gasteiger partial charge is 0.291 e. The molecule has 1 heterocycles. The van der Waals surface area contributed by atoms with E-state index in [1.165, 1.54) is 21.9 Å². The van der Waals surface area contributed by atoms with Crippen LogP contribution in [0.25, 0.3) is 10.8 Å². The minimum absolute atomic E-state index is 0.0308. The maximum absolute atomic E-state index is 13.1. The zero-order chi connectivity index (χ0) is 26.4. The molecule has 1 saturated heterocycles. The Bertz CT molecular complexity index is 1240. The number of carbonyl (C=O) groups excluding carboxylic acids is 2. The van der Waals surface area contributed by atoms with Crippen LogP contribution in [0.1, 0.15) is 63.1 Å². The molecule has 0 bridgehead atoms. The topological polar surface area (TPSA) is 78.8 Å². The van der Waals surface area contributed by atoms with Crippen LogP contribution < -0.4 is 5.32 Å². The van der Waals surface area contributed by atoms with Crippen LogP contribution in [0, 0.1) is 16.2 Å². The molecule has 0 saturated carbocycles. The summed E-state index contributed by atoms with van der Waals surface area (Å²) in [5.41, 5.74) is 1.62. The van der Waals surface area contributed by atoms with Crippen molar-refractivity contribution < 1.29 is 9.59 Å². The van der Waals surface area contributed by atoms with Crippen molar-refractivity contribution in [2.45, 2.75) is 52.0 Å². The average Bonchev–Trinajstić information content (AvgIpc) is 2.94. The zero-order valence-corrected chi connectivity index (χ0v) is 22.0. The van der Waals surface area contributed by atoms with Gasteiger partial charge in [0.1, 0.15) is 0 Å². The Hall–Kier alpha value is -3.38. The van der Waals surface area contributed by atoms with Crippen LogP contribution in [0.5, 0.6) is 0 Å². The molecule has 0 radical (unpaired) electrons. The van der Waals surface area contributed by atoms with Gasteiger partial charge in [0.25, 0.3) is 5.91 Å². The van der Waals surface area contributed by atoms with E-state index in [1.54, 1.807) is 13.8 Å². The van der Waals surface area contributed by atoms with E-state index in [-0.39, 0.29) is 24.3 Å². The van der Waals surface area contributed by atoms with Crippen LogP contribution in [0.15, 0.2) is 78.0 Å². The van der Waals surface area contributed by atoms with Gasteiger partial charge in [0.15, 0.2) is 0 Å². The summed E-state index contributed by atoms with van der Waals surface area (Å²) in [5, 5.41) is 8.87. The highest BCUT2D eigenvalue weighted by Gasteiger charge is 2.34. The van der Waals surface area contributed by atoms with Crippen molar-refractivity contribution in [3.63, 3.8) is 0 Å². The summed E-state index contributed by atoms with van der Waals surface area (Å²) in [6.45, 7) is 7.76. The van der Waals surface area contributed by atoms with E-state index in [0.717, 1.165) is 13.0 Å². The number of piperidine rings is 1. The molecule has 37 heavy (non-hydrogen) atoms. The second-order valence-corrected chi connectivity index (χ2v) is 10.9. The second-order valence-electron chi connectivity index (χ2n) is 10.9. The molecule has 3 atom stereocenters. The number of benzene rings is 3. The number of hydrogen-bond acceptors (Lipinski definition) is 4. The van der Waals surface area contributed by atoms with Gasteiger partial charge in [-0.3, -0.25) is 9.59 Å². The van der Waals surface area contributed by atoms with E-state index >= 15 is 0 Å². The van der Waals surface area contributed by atoms with Gasteiger partial charge in [0, 0.05) is 42.1 Å². The molecule has 1 N–H and O–H groups in total. The molecule has 0 aliphatic carbocycles. The maximum atomic E-state index is 13.1. The fourth-order valence-electron chi connectivity index (χ4n) is 5.42. The summed E-state index contributed by atoms with van der Waals surface area (Å²) < 4.78 is 0. The minimum Gasteiger partial charge on any atom is -0.342 e. The van der Waals surface area contributed by atoms with Crippen molar-refractivity contribution in [2.24, 2.45) is 16.5 Å². The van der Waals surface area contributed by atoms with E-state index in [4.69, 9.17) is 0 Å². The van der Waals surface area contributed by atoms with Gasteiger partial charge in [-0.1, -0.05) is 86.6 Å². The van der Waals surface area contributed by atoms with Crippen LogP contribution in [0.4, 0.5) is 0 Å². The molecular formula is C31H37N3O3.